The van der Waals surface area contributed by atoms with Crippen LogP contribution in [0.1, 0.15) is 17.7 Å². The molecule has 25 heavy (non-hydrogen) atoms. The van der Waals surface area contributed by atoms with Crippen molar-refractivity contribution in [3.63, 3.8) is 0 Å². The summed E-state index contributed by atoms with van der Waals surface area (Å²) in [7, 11) is -3.46. The van der Waals surface area contributed by atoms with Crippen molar-refractivity contribution in [3.05, 3.63) is 52.7 Å². The van der Waals surface area contributed by atoms with Gasteiger partial charge in [-0.15, -0.1) is 11.3 Å². The van der Waals surface area contributed by atoms with E-state index in [1.807, 2.05) is 17.5 Å². The molecule has 1 spiro atoms. The van der Waals surface area contributed by atoms with E-state index in [1.165, 1.54) is 4.31 Å². The van der Waals surface area contributed by atoms with Gasteiger partial charge in [-0.1, -0.05) is 24.3 Å². The molecule has 1 amide bonds. The molecule has 1 saturated carbocycles. The smallest absolute Gasteiger partial charge is 0.243 e. The highest BCUT2D eigenvalue weighted by Gasteiger charge is 2.62. The average molecular weight is 377 g/mol. The largest absolute Gasteiger partial charge is 0.351 e. The van der Waals surface area contributed by atoms with E-state index in [1.54, 1.807) is 41.7 Å². The molecule has 1 aromatic heterocycles. The van der Waals surface area contributed by atoms with Crippen molar-refractivity contribution in [2.24, 2.45) is 11.3 Å². The summed E-state index contributed by atoms with van der Waals surface area (Å²) in [5, 5.41) is 4.98. The number of hydrogen-bond donors (Lipinski definition) is 1. The van der Waals surface area contributed by atoms with E-state index in [0.29, 0.717) is 24.5 Å². The molecular formula is C18H20N2O3S2. The van der Waals surface area contributed by atoms with Gasteiger partial charge in [0.05, 0.1) is 11.4 Å². The van der Waals surface area contributed by atoms with Crippen LogP contribution in [0.3, 0.4) is 0 Å². The second-order valence-corrected chi connectivity index (χ2v) is 9.79. The highest BCUT2D eigenvalue weighted by molar-refractivity contribution is 7.89. The van der Waals surface area contributed by atoms with E-state index in [-0.39, 0.29) is 17.2 Å². The molecule has 0 unspecified atom stereocenters. The third-order valence-corrected chi connectivity index (χ3v) is 7.99. The van der Waals surface area contributed by atoms with Crippen LogP contribution in [0, 0.1) is 11.3 Å². The van der Waals surface area contributed by atoms with Gasteiger partial charge in [0.1, 0.15) is 0 Å². The Balaban J connectivity index is 1.39. The third kappa shape index (κ3) is 3.12. The maximum Gasteiger partial charge on any atom is 0.243 e. The maximum atomic E-state index is 12.7. The fourth-order valence-corrected chi connectivity index (χ4v) is 5.89. The van der Waals surface area contributed by atoms with Gasteiger partial charge >= 0.3 is 0 Å². The van der Waals surface area contributed by atoms with Crippen LogP contribution in [0.15, 0.2) is 52.7 Å². The van der Waals surface area contributed by atoms with Crippen LogP contribution in [0.2, 0.25) is 0 Å². The minimum atomic E-state index is -3.46. The molecule has 2 fully saturated rings. The Morgan fingerprint density at radius 2 is 2.04 bits per heavy atom. The fourth-order valence-electron chi connectivity index (χ4n) is 3.68. The summed E-state index contributed by atoms with van der Waals surface area (Å²) in [6.45, 7) is 1.49. The topological polar surface area (TPSA) is 66.5 Å². The molecule has 0 radical (unpaired) electrons. The van der Waals surface area contributed by atoms with Crippen molar-refractivity contribution in [2.75, 3.05) is 13.1 Å². The summed E-state index contributed by atoms with van der Waals surface area (Å²) in [5.41, 5.74) is -0.165. The number of carbonyl (C=O) groups excluding carboxylic acids is 1. The summed E-state index contributed by atoms with van der Waals surface area (Å²) >= 11 is 1.62. The first-order valence-electron chi connectivity index (χ1n) is 8.37. The van der Waals surface area contributed by atoms with E-state index in [2.05, 4.69) is 5.32 Å². The molecule has 2 aliphatic rings. The molecule has 1 aliphatic carbocycles. The molecule has 1 N–H and O–H groups in total. The molecule has 1 saturated heterocycles. The Kier molecular flexibility index (Phi) is 4.17. The lowest BCUT2D eigenvalue weighted by atomic mass is 10.0. The zero-order valence-corrected chi connectivity index (χ0v) is 15.4. The molecule has 1 aliphatic heterocycles. The number of carbonyl (C=O) groups is 1. The van der Waals surface area contributed by atoms with Crippen LogP contribution < -0.4 is 5.32 Å². The van der Waals surface area contributed by atoms with Gasteiger partial charge in [0, 0.05) is 23.9 Å². The average Bonchev–Trinajstić information content (AvgIpc) is 2.96. The van der Waals surface area contributed by atoms with Gasteiger partial charge in [-0.25, -0.2) is 8.42 Å². The van der Waals surface area contributed by atoms with E-state index in [9.17, 15) is 13.2 Å². The molecule has 132 valence electrons. The molecule has 7 heteroatoms. The molecule has 1 aromatic carbocycles. The van der Waals surface area contributed by atoms with Gasteiger partial charge in [0.25, 0.3) is 0 Å². The van der Waals surface area contributed by atoms with Gasteiger partial charge in [0.15, 0.2) is 0 Å². The highest BCUT2D eigenvalue weighted by atomic mass is 32.2. The number of thiophene rings is 1. The van der Waals surface area contributed by atoms with Gasteiger partial charge in [0.2, 0.25) is 15.9 Å². The molecule has 0 bridgehead atoms. The van der Waals surface area contributed by atoms with E-state index in [4.69, 9.17) is 0 Å². The van der Waals surface area contributed by atoms with E-state index < -0.39 is 10.0 Å². The van der Waals surface area contributed by atoms with Gasteiger partial charge in [-0.2, -0.15) is 4.31 Å². The molecule has 2 atom stereocenters. The Morgan fingerprint density at radius 1 is 1.24 bits per heavy atom. The second kappa shape index (κ2) is 6.23. The monoisotopic (exact) mass is 376 g/mol. The van der Waals surface area contributed by atoms with Gasteiger partial charge in [-0.05, 0) is 41.8 Å². The van der Waals surface area contributed by atoms with Crippen molar-refractivity contribution in [2.45, 2.75) is 24.3 Å². The van der Waals surface area contributed by atoms with Crippen molar-refractivity contribution < 1.29 is 13.2 Å². The number of rotatable bonds is 5. The maximum absolute atomic E-state index is 12.7. The number of nitrogens with one attached hydrogen (secondary N) is 1. The lowest BCUT2D eigenvalue weighted by molar-refractivity contribution is -0.123. The van der Waals surface area contributed by atoms with Crippen molar-refractivity contribution in [1.82, 2.24) is 9.62 Å². The first-order chi connectivity index (χ1) is 12.0. The van der Waals surface area contributed by atoms with Crippen LogP contribution in [-0.4, -0.2) is 31.7 Å². The van der Waals surface area contributed by atoms with Crippen LogP contribution in [-0.2, 0) is 21.4 Å². The number of sulfonamides is 1. The highest BCUT2D eigenvalue weighted by Crippen LogP contribution is 2.59. The predicted octanol–water partition coefficient (Wildman–Crippen LogP) is 2.47. The molecule has 5 nitrogen and oxygen atoms in total. The van der Waals surface area contributed by atoms with Crippen LogP contribution >= 0.6 is 11.3 Å². The molecular weight excluding hydrogens is 356 g/mol. The summed E-state index contributed by atoms with van der Waals surface area (Å²) in [6.07, 6.45) is 1.54. The number of benzene rings is 1. The SMILES string of the molecule is O=C(NCc1cccs1)[C@H]1C[C@]12CCN(S(=O)(=O)c1ccccc1)C2. The minimum absolute atomic E-state index is 0.0485. The first kappa shape index (κ1) is 16.8. The molecule has 4 rings (SSSR count). The minimum Gasteiger partial charge on any atom is -0.351 e. The number of nitrogens with zero attached hydrogens (tertiary/aromatic N) is 1. The summed E-state index contributed by atoms with van der Waals surface area (Å²) < 4.78 is 27.0. The standard InChI is InChI=1S/C18H20N2O3S2/c21-17(19-12-14-5-4-10-24-14)16-11-18(16)8-9-20(13-18)25(22,23)15-6-2-1-3-7-15/h1-7,10,16H,8-9,11-13H2,(H,19,21)/t16-,18+/m1/s1. The lowest BCUT2D eigenvalue weighted by Crippen LogP contribution is -2.31. The molecule has 2 aromatic rings. The van der Waals surface area contributed by atoms with Crippen molar-refractivity contribution >= 4 is 27.3 Å². The number of hydrogen-bond acceptors (Lipinski definition) is 4. The normalized spacial score (nSPS) is 26.0. The van der Waals surface area contributed by atoms with Gasteiger partial charge < -0.3 is 5.32 Å². The Hall–Kier alpha value is -1.70. The lowest BCUT2D eigenvalue weighted by Gasteiger charge is -2.16. The van der Waals surface area contributed by atoms with Gasteiger partial charge in [-0.3, -0.25) is 4.79 Å². The first-order valence-corrected chi connectivity index (χ1v) is 10.7. The van der Waals surface area contributed by atoms with Crippen LogP contribution in [0.25, 0.3) is 0 Å². The van der Waals surface area contributed by atoms with Crippen molar-refractivity contribution in [1.29, 1.82) is 0 Å². The zero-order chi connectivity index (χ0) is 17.5. The second-order valence-electron chi connectivity index (χ2n) is 6.82. The van der Waals surface area contributed by atoms with E-state index in [0.717, 1.165) is 17.7 Å². The summed E-state index contributed by atoms with van der Waals surface area (Å²) in [4.78, 5) is 13.9. The third-order valence-electron chi connectivity index (χ3n) is 5.25. The summed E-state index contributed by atoms with van der Waals surface area (Å²) in [6, 6.07) is 12.5. The Bertz CT molecular complexity index is 865. The Labute approximate surface area is 151 Å². The zero-order valence-electron chi connectivity index (χ0n) is 13.7. The van der Waals surface area contributed by atoms with E-state index >= 15 is 0 Å². The quantitative estimate of drug-likeness (QED) is 0.872. The predicted molar refractivity (Wildman–Crippen MR) is 96.5 cm³/mol. The summed E-state index contributed by atoms with van der Waals surface area (Å²) in [5.74, 6) is -0.0178. The molecule has 2 heterocycles. The Morgan fingerprint density at radius 3 is 2.76 bits per heavy atom. The van der Waals surface area contributed by atoms with Crippen molar-refractivity contribution in [3.8, 4) is 0 Å². The van der Waals surface area contributed by atoms with Crippen LogP contribution in [0.5, 0.6) is 0 Å². The number of amides is 1. The fraction of sp³-hybridized carbons (Fsp3) is 0.389. The van der Waals surface area contributed by atoms with Crippen LogP contribution in [0.4, 0.5) is 0 Å².